The van der Waals surface area contributed by atoms with Gasteiger partial charge >= 0.3 is 0 Å². The van der Waals surface area contributed by atoms with Crippen LogP contribution < -0.4 is 9.64 Å². The summed E-state index contributed by atoms with van der Waals surface area (Å²) in [5, 5.41) is 0.843. The molecule has 0 spiro atoms. The summed E-state index contributed by atoms with van der Waals surface area (Å²) in [6, 6.07) is 20.6. The Hall–Kier alpha value is -4.23. The zero-order valence-electron chi connectivity index (χ0n) is 20.8. The first kappa shape index (κ1) is 23.2. The minimum atomic E-state index is -0.270. The zero-order valence-corrected chi connectivity index (χ0v) is 20.8. The summed E-state index contributed by atoms with van der Waals surface area (Å²) in [6.45, 7) is 3.14. The quantitative estimate of drug-likeness (QED) is 0.319. The Bertz CT molecular complexity index is 1540. The van der Waals surface area contributed by atoms with E-state index in [-0.39, 0.29) is 36.7 Å². The number of Topliss-reactive ketones (excluding diaryl/α,β-unsaturated/α-hetero) is 1. The fourth-order valence-corrected chi connectivity index (χ4v) is 5.90. The molecule has 1 aromatic heterocycles. The molecule has 1 unspecified atom stereocenters. The van der Waals surface area contributed by atoms with E-state index in [9.17, 15) is 14.4 Å². The molecular formula is C30H28N3O4+. The van der Waals surface area contributed by atoms with Gasteiger partial charge in [-0.2, -0.15) is 0 Å². The second-order valence-electron chi connectivity index (χ2n) is 9.81. The van der Waals surface area contributed by atoms with Crippen LogP contribution in [0.1, 0.15) is 53.9 Å². The van der Waals surface area contributed by atoms with E-state index in [1.807, 2.05) is 37.3 Å². The summed E-state index contributed by atoms with van der Waals surface area (Å²) < 4.78 is 5.39. The number of aryl methyl sites for hydroxylation is 1. The molecular weight excluding hydrogens is 466 g/mol. The number of aromatic amines is 1. The summed E-state index contributed by atoms with van der Waals surface area (Å²) >= 11 is 0. The van der Waals surface area contributed by atoms with Gasteiger partial charge in [0.2, 0.25) is 5.78 Å². The summed E-state index contributed by atoms with van der Waals surface area (Å²) in [4.78, 5) is 45.9. The van der Waals surface area contributed by atoms with Crippen molar-refractivity contribution < 1.29 is 24.0 Å². The van der Waals surface area contributed by atoms with Crippen molar-refractivity contribution in [2.24, 2.45) is 0 Å². The molecule has 6 rings (SSSR count). The van der Waals surface area contributed by atoms with Gasteiger partial charge in [-0.3, -0.25) is 19.3 Å². The second-order valence-corrected chi connectivity index (χ2v) is 9.81. The fourth-order valence-electron chi connectivity index (χ4n) is 5.90. The smallest absolute Gasteiger partial charge is 0.261 e. The molecule has 0 saturated carbocycles. The molecule has 2 aliphatic heterocycles. The normalized spacial score (nSPS) is 18.7. The van der Waals surface area contributed by atoms with E-state index in [2.05, 4.69) is 17.1 Å². The van der Waals surface area contributed by atoms with Gasteiger partial charge in [0.25, 0.3) is 11.8 Å². The Morgan fingerprint density at radius 1 is 1.03 bits per heavy atom. The van der Waals surface area contributed by atoms with Gasteiger partial charge < -0.3 is 14.6 Å². The standard InChI is InChI=1S/C30H27N3O4/c1-18-28(24-15-20(37-2)11-12-25(24)31-18)27(34)17-32-14-13-19-7-3-4-8-21(19)26(32)16-33-29(35)22-9-5-6-10-23(22)30(33)36/h3-12,15,26,31H,13-14,16-17H2,1-2H3/p+1/t26-/m1/s1. The van der Waals surface area contributed by atoms with Gasteiger partial charge in [0, 0.05) is 28.6 Å². The van der Waals surface area contributed by atoms with Crippen LogP contribution in [0.15, 0.2) is 66.7 Å². The highest BCUT2D eigenvalue weighted by atomic mass is 16.5. The average Bonchev–Trinajstić information content (AvgIpc) is 3.37. The largest absolute Gasteiger partial charge is 0.497 e. The summed E-state index contributed by atoms with van der Waals surface area (Å²) in [6.07, 6.45) is 0.831. The van der Waals surface area contributed by atoms with Crippen LogP contribution in [-0.2, 0) is 6.42 Å². The molecule has 7 heteroatoms. The summed E-state index contributed by atoms with van der Waals surface area (Å²) in [5.74, 6) is 0.185. The van der Waals surface area contributed by atoms with Crippen molar-refractivity contribution in [2.75, 3.05) is 26.7 Å². The maximum Gasteiger partial charge on any atom is 0.261 e. The maximum absolute atomic E-state index is 13.8. The van der Waals surface area contributed by atoms with E-state index < -0.39 is 0 Å². The highest BCUT2D eigenvalue weighted by Gasteiger charge is 2.41. The van der Waals surface area contributed by atoms with Gasteiger partial charge in [0.15, 0.2) is 0 Å². The molecule has 0 fully saturated rings. The first-order chi connectivity index (χ1) is 18.0. The Morgan fingerprint density at radius 3 is 2.46 bits per heavy atom. The molecule has 37 heavy (non-hydrogen) atoms. The third-order valence-electron chi connectivity index (χ3n) is 7.74. The minimum Gasteiger partial charge on any atom is -0.497 e. The highest BCUT2D eigenvalue weighted by Crippen LogP contribution is 2.29. The number of hydrogen-bond acceptors (Lipinski definition) is 4. The molecule has 2 N–H and O–H groups in total. The number of quaternary nitrogens is 1. The van der Waals surface area contributed by atoms with Crippen molar-refractivity contribution in [2.45, 2.75) is 19.4 Å². The van der Waals surface area contributed by atoms with Crippen molar-refractivity contribution in [1.82, 2.24) is 9.88 Å². The van der Waals surface area contributed by atoms with Crippen LogP contribution in [0.2, 0.25) is 0 Å². The van der Waals surface area contributed by atoms with E-state index in [4.69, 9.17) is 4.74 Å². The number of ketones is 1. The number of benzene rings is 3. The lowest BCUT2D eigenvalue weighted by Crippen LogP contribution is -3.14. The molecule has 186 valence electrons. The Balaban J connectivity index is 1.33. The van der Waals surface area contributed by atoms with Gasteiger partial charge in [0.05, 0.1) is 36.9 Å². The van der Waals surface area contributed by atoms with Crippen molar-refractivity contribution in [3.63, 3.8) is 0 Å². The Morgan fingerprint density at radius 2 is 1.73 bits per heavy atom. The first-order valence-corrected chi connectivity index (χ1v) is 12.5. The van der Waals surface area contributed by atoms with Crippen LogP contribution in [0.25, 0.3) is 10.9 Å². The number of H-pyrrole nitrogens is 1. The lowest BCUT2D eigenvalue weighted by Gasteiger charge is -2.35. The number of amides is 2. The number of methoxy groups -OCH3 is 1. The number of ether oxygens (including phenoxy) is 1. The number of carbonyl (C=O) groups excluding carboxylic acids is 3. The van der Waals surface area contributed by atoms with Crippen molar-refractivity contribution in [3.8, 4) is 5.75 Å². The molecule has 2 aliphatic rings. The molecule has 0 radical (unpaired) electrons. The van der Waals surface area contributed by atoms with Crippen molar-refractivity contribution in [3.05, 3.63) is 100 Å². The predicted octanol–water partition coefficient (Wildman–Crippen LogP) is 3.15. The monoisotopic (exact) mass is 494 g/mol. The van der Waals surface area contributed by atoms with Crippen LogP contribution in [0.3, 0.4) is 0 Å². The van der Waals surface area contributed by atoms with Gasteiger partial charge in [-0.25, -0.2) is 0 Å². The zero-order chi connectivity index (χ0) is 25.7. The van der Waals surface area contributed by atoms with Crippen molar-refractivity contribution >= 4 is 28.5 Å². The molecule has 7 nitrogen and oxygen atoms in total. The van der Waals surface area contributed by atoms with E-state index in [1.54, 1.807) is 31.4 Å². The van der Waals surface area contributed by atoms with Gasteiger partial charge in [-0.05, 0) is 42.8 Å². The molecule has 2 amide bonds. The lowest BCUT2D eigenvalue weighted by atomic mass is 9.91. The average molecular weight is 495 g/mol. The number of fused-ring (bicyclic) bond motifs is 3. The number of rotatable bonds is 6. The number of aromatic nitrogens is 1. The van der Waals surface area contributed by atoms with Gasteiger partial charge in [-0.1, -0.05) is 36.4 Å². The second kappa shape index (κ2) is 9.01. The number of nitrogens with zero attached hydrogens (tertiary/aromatic N) is 1. The van der Waals surface area contributed by atoms with Gasteiger partial charge in [0.1, 0.15) is 18.3 Å². The Kier molecular flexibility index (Phi) is 5.65. The van der Waals surface area contributed by atoms with Crippen LogP contribution in [0, 0.1) is 6.92 Å². The number of imide groups is 1. The highest BCUT2D eigenvalue weighted by molar-refractivity contribution is 6.21. The van der Waals surface area contributed by atoms with E-state index in [0.717, 1.165) is 40.0 Å². The first-order valence-electron chi connectivity index (χ1n) is 12.5. The van der Waals surface area contributed by atoms with E-state index >= 15 is 0 Å². The minimum absolute atomic E-state index is 0.0266. The van der Waals surface area contributed by atoms with E-state index in [0.29, 0.717) is 22.4 Å². The summed E-state index contributed by atoms with van der Waals surface area (Å²) in [7, 11) is 1.61. The molecule has 4 aromatic rings. The maximum atomic E-state index is 13.8. The van der Waals surface area contributed by atoms with Crippen molar-refractivity contribution in [1.29, 1.82) is 0 Å². The predicted molar refractivity (Wildman–Crippen MR) is 139 cm³/mol. The summed E-state index contributed by atoms with van der Waals surface area (Å²) in [5.41, 5.74) is 5.55. The third kappa shape index (κ3) is 3.83. The molecule has 3 aromatic carbocycles. The SMILES string of the molecule is COc1ccc2[nH]c(C)c(C(=O)C[NH+]3CCc4ccccc4[C@H]3CN3C(=O)c4ccccc4C3=O)c2c1. The molecule has 0 saturated heterocycles. The number of nitrogens with one attached hydrogen (secondary N) is 2. The van der Waals surface area contributed by atoms with Crippen LogP contribution >= 0.6 is 0 Å². The molecule has 2 atom stereocenters. The number of carbonyl (C=O) groups is 3. The molecule has 0 aliphatic carbocycles. The van der Waals surface area contributed by atoms with Crippen LogP contribution in [0.4, 0.5) is 0 Å². The molecule has 0 bridgehead atoms. The van der Waals surface area contributed by atoms with Crippen LogP contribution in [-0.4, -0.2) is 54.2 Å². The van der Waals surface area contributed by atoms with Crippen LogP contribution in [0.5, 0.6) is 5.75 Å². The Labute approximate surface area is 214 Å². The third-order valence-corrected chi connectivity index (χ3v) is 7.74. The topological polar surface area (TPSA) is 83.9 Å². The molecule has 3 heterocycles. The fraction of sp³-hybridized carbons (Fsp3) is 0.233. The number of hydrogen-bond donors (Lipinski definition) is 2. The van der Waals surface area contributed by atoms with Gasteiger partial charge in [-0.15, -0.1) is 0 Å². The van der Waals surface area contributed by atoms with E-state index in [1.165, 1.54) is 10.5 Å². The lowest BCUT2D eigenvalue weighted by molar-refractivity contribution is -0.925.